The predicted molar refractivity (Wildman–Crippen MR) is 93.6 cm³/mol. The van der Waals surface area contributed by atoms with E-state index in [1.807, 2.05) is 18.2 Å². The van der Waals surface area contributed by atoms with Crippen LogP contribution in [0, 0.1) is 11.3 Å². The van der Waals surface area contributed by atoms with Gasteiger partial charge >= 0.3 is 0 Å². The molecule has 2 N–H and O–H groups in total. The Labute approximate surface area is 145 Å². The molecule has 0 aliphatic carbocycles. The van der Waals surface area contributed by atoms with Crippen LogP contribution in [0.5, 0.6) is 5.75 Å². The van der Waals surface area contributed by atoms with E-state index < -0.39 is 11.8 Å². The lowest BCUT2D eigenvalue weighted by molar-refractivity contribution is -0.127. The highest BCUT2D eigenvalue weighted by Gasteiger charge is 2.13. The smallest absolute Gasteiger partial charge is 0.270 e. The summed E-state index contributed by atoms with van der Waals surface area (Å²) in [6, 6.07) is 17.8. The van der Waals surface area contributed by atoms with Gasteiger partial charge in [-0.05, 0) is 29.8 Å². The second kappa shape index (κ2) is 8.89. The van der Waals surface area contributed by atoms with Crippen LogP contribution in [0.4, 0.5) is 5.69 Å². The predicted octanol–water partition coefficient (Wildman–Crippen LogP) is 2.40. The van der Waals surface area contributed by atoms with Crippen LogP contribution >= 0.6 is 0 Å². The third-order valence-electron chi connectivity index (χ3n) is 3.30. The number of hydrogen-bond donors (Lipinski definition) is 2. The maximum absolute atomic E-state index is 12.0. The van der Waals surface area contributed by atoms with Gasteiger partial charge in [0.15, 0.2) is 0 Å². The fraction of sp³-hybridized carbons (Fsp3) is 0.105. The Kier molecular flexibility index (Phi) is 6.32. The van der Waals surface area contributed by atoms with Gasteiger partial charge in [0.1, 0.15) is 17.4 Å². The molecule has 25 heavy (non-hydrogen) atoms. The summed E-state index contributed by atoms with van der Waals surface area (Å²) < 4.78 is 5.05. The van der Waals surface area contributed by atoms with E-state index in [9.17, 15) is 9.59 Å². The molecule has 0 atom stereocenters. The molecule has 0 saturated heterocycles. The van der Waals surface area contributed by atoms with E-state index in [0.717, 1.165) is 5.56 Å². The number of amides is 2. The average Bonchev–Trinajstić information content (AvgIpc) is 2.63. The number of anilines is 1. The van der Waals surface area contributed by atoms with Crippen molar-refractivity contribution < 1.29 is 14.3 Å². The maximum Gasteiger partial charge on any atom is 0.270 e. The minimum Gasteiger partial charge on any atom is -0.497 e. The Bertz CT molecular complexity index is 806. The van der Waals surface area contributed by atoms with Crippen LogP contribution < -0.4 is 15.4 Å². The molecule has 0 heterocycles. The summed E-state index contributed by atoms with van der Waals surface area (Å²) in [6.45, 7) is 0. The molecule has 0 aromatic heterocycles. The molecule has 0 bridgehead atoms. The van der Waals surface area contributed by atoms with Crippen molar-refractivity contribution in [2.75, 3.05) is 12.4 Å². The fourth-order valence-corrected chi connectivity index (χ4v) is 2.01. The van der Waals surface area contributed by atoms with E-state index in [1.54, 1.807) is 49.6 Å². The van der Waals surface area contributed by atoms with Crippen LogP contribution in [0.15, 0.2) is 66.4 Å². The van der Waals surface area contributed by atoms with Crippen LogP contribution in [0.3, 0.4) is 0 Å². The first kappa shape index (κ1) is 17.8. The van der Waals surface area contributed by atoms with Gasteiger partial charge < -0.3 is 10.1 Å². The molecule has 6 nitrogen and oxygen atoms in total. The van der Waals surface area contributed by atoms with Gasteiger partial charge in [-0.2, -0.15) is 5.26 Å². The first-order valence-corrected chi connectivity index (χ1v) is 7.51. The van der Waals surface area contributed by atoms with Crippen molar-refractivity contribution >= 4 is 17.5 Å². The second-order valence-corrected chi connectivity index (χ2v) is 5.08. The fourth-order valence-electron chi connectivity index (χ4n) is 2.01. The average molecular weight is 335 g/mol. The van der Waals surface area contributed by atoms with Crippen LogP contribution in [0.1, 0.15) is 5.56 Å². The van der Waals surface area contributed by atoms with E-state index in [1.165, 1.54) is 6.20 Å². The van der Waals surface area contributed by atoms with Gasteiger partial charge in [0.2, 0.25) is 5.91 Å². The molecule has 2 rings (SSSR count). The summed E-state index contributed by atoms with van der Waals surface area (Å²) in [4.78, 5) is 23.9. The third kappa shape index (κ3) is 5.52. The van der Waals surface area contributed by atoms with Gasteiger partial charge in [-0.3, -0.25) is 14.9 Å². The zero-order valence-electron chi connectivity index (χ0n) is 13.7. The van der Waals surface area contributed by atoms with E-state index in [-0.39, 0.29) is 12.0 Å². The Morgan fingerprint density at radius 2 is 1.80 bits per heavy atom. The summed E-state index contributed by atoms with van der Waals surface area (Å²) in [5.41, 5.74) is 1.26. The lowest BCUT2D eigenvalue weighted by Gasteiger charge is -2.05. The Hall–Kier alpha value is -3.59. The van der Waals surface area contributed by atoms with Crippen LogP contribution in [0.2, 0.25) is 0 Å². The monoisotopic (exact) mass is 335 g/mol. The quantitative estimate of drug-likeness (QED) is 0.625. The molecule has 2 aromatic carbocycles. The molecule has 0 unspecified atom stereocenters. The molecule has 0 radical (unpaired) electrons. The molecule has 0 spiro atoms. The zero-order chi connectivity index (χ0) is 18.1. The molecule has 0 aliphatic heterocycles. The Morgan fingerprint density at radius 1 is 1.12 bits per heavy atom. The van der Waals surface area contributed by atoms with Gasteiger partial charge in [-0.25, -0.2) is 0 Å². The third-order valence-corrected chi connectivity index (χ3v) is 3.30. The van der Waals surface area contributed by atoms with Gasteiger partial charge in [-0.1, -0.05) is 30.3 Å². The number of nitrogens with one attached hydrogen (secondary N) is 2. The number of methoxy groups -OCH3 is 1. The van der Waals surface area contributed by atoms with Crippen molar-refractivity contribution in [2.45, 2.75) is 6.42 Å². The Morgan fingerprint density at radius 3 is 2.40 bits per heavy atom. The molecule has 0 fully saturated rings. The molecule has 126 valence electrons. The minimum absolute atomic E-state index is 0.0667. The lowest BCUT2D eigenvalue weighted by atomic mass is 10.1. The highest BCUT2D eigenvalue weighted by Crippen LogP contribution is 2.15. The molecule has 2 aromatic rings. The second-order valence-electron chi connectivity index (χ2n) is 5.08. The lowest BCUT2D eigenvalue weighted by Crippen LogP contribution is -2.32. The van der Waals surface area contributed by atoms with Crippen molar-refractivity contribution in [1.29, 1.82) is 5.26 Å². The van der Waals surface area contributed by atoms with Gasteiger partial charge in [0, 0.05) is 11.9 Å². The van der Waals surface area contributed by atoms with Crippen molar-refractivity contribution in [3.05, 3.63) is 71.9 Å². The van der Waals surface area contributed by atoms with Crippen LogP contribution in [-0.2, 0) is 16.0 Å². The number of hydrogen-bond acceptors (Lipinski definition) is 5. The summed E-state index contributed by atoms with van der Waals surface area (Å²) in [5.74, 6) is -0.523. The zero-order valence-corrected chi connectivity index (χ0v) is 13.7. The minimum atomic E-state index is -0.746. The maximum atomic E-state index is 12.0. The van der Waals surface area contributed by atoms with E-state index in [4.69, 9.17) is 10.00 Å². The highest BCUT2D eigenvalue weighted by atomic mass is 16.5. The number of carbonyl (C=O) groups excluding carboxylic acids is 2. The van der Waals surface area contributed by atoms with Crippen molar-refractivity contribution in [3.63, 3.8) is 0 Å². The first-order valence-electron chi connectivity index (χ1n) is 7.51. The molecule has 0 saturated carbocycles. The number of nitrogens with zero attached hydrogens (tertiary/aromatic N) is 1. The number of benzene rings is 2. The van der Waals surface area contributed by atoms with E-state index in [0.29, 0.717) is 11.4 Å². The summed E-state index contributed by atoms with van der Waals surface area (Å²) >= 11 is 0. The Balaban J connectivity index is 1.95. The normalized spacial score (nSPS) is 10.5. The van der Waals surface area contributed by atoms with E-state index >= 15 is 0 Å². The number of ether oxygens (including phenoxy) is 1. The SMILES string of the molecule is COc1ccc(N/C=C(/C#N)C(=O)NC(=O)Cc2ccccc2)cc1. The van der Waals surface area contributed by atoms with Crippen LogP contribution in [0.25, 0.3) is 0 Å². The van der Waals surface area contributed by atoms with Crippen molar-refractivity contribution in [2.24, 2.45) is 0 Å². The molecule has 6 heteroatoms. The summed E-state index contributed by atoms with van der Waals surface area (Å²) in [6.07, 6.45) is 1.32. The summed E-state index contributed by atoms with van der Waals surface area (Å²) in [7, 11) is 1.56. The standard InChI is InChI=1S/C19H17N3O3/c1-25-17-9-7-16(8-10-17)21-13-15(12-20)19(24)22-18(23)11-14-5-3-2-4-6-14/h2-10,13,21H,11H2,1H3,(H,22,23,24)/b15-13-. The van der Waals surface area contributed by atoms with Crippen LogP contribution in [-0.4, -0.2) is 18.9 Å². The largest absolute Gasteiger partial charge is 0.497 e. The van der Waals surface area contributed by atoms with Crippen molar-refractivity contribution in [1.82, 2.24) is 5.32 Å². The van der Waals surface area contributed by atoms with Gasteiger partial charge in [0.25, 0.3) is 5.91 Å². The van der Waals surface area contributed by atoms with Crippen molar-refractivity contribution in [3.8, 4) is 11.8 Å². The highest BCUT2D eigenvalue weighted by molar-refractivity contribution is 6.07. The molecular weight excluding hydrogens is 318 g/mol. The number of carbonyl (C=O) groups is 2. The first-order chi connectivity index (χ1) is 12.1. The molecule has 2 amide bonds. The number of rotatable bonds is 6. The summed E-state index contributed by atoms with van der Waals surface area (Å²) in [5, 5.41) is 14.2. The van der Waals surface area contributed by atoms with Gasteiger partial charge in [-0.15, -0.1) is 0 Å². The molecule has 0 aliphatic rings. The molecular formula is C19H17N3O3. The topological polar surface area (TPSA) is 91.2 Å². The van der Waals surface area contributed by atoms with E-state index in [2.05, 4.69) is 10.6 Å². The number of nitriles is 1. The van der Waals surface area contributed by atoms with Gasteiger partial charge in [0.05, 0.1) is 13.5 Å². The number of imide groups is 1.